The highest BCUT2D eigenvalue weighted by molar-refractivity contribution is 5.88. The second-order valence-electron chi connectivity index (χ2n) is 3.51. The lowest BCUT2D eigenvalue weighted by molar-refractivity contribution is -0.129. The highest BCUT2D eigenvalue weighted by Gasteiger charge is 2.24. The van der Waals surface area contributed by atoms with Crippen molar-refractivity contribution < 1.29 is 10.0 Å². The molecule has 0 rings (SSSR count). The van der Waals surface area contributed by atoms with Crippen LogP contribution in [0.2, 0.25) is 0 Å². The number of carbonyl (C=O) groups is 1. The number of nitrogens with two attached hydrogens (primary N) is 1. The van der Waals surface area contributed by atoms with Crippen molar-refractivity contribution in [3.63, 3.8) is 0 Å². The van der Waals surface area contributed by atoms with Gasteiger partial charge in [0, 0.05) is 5.41 Å². The first-order valence-electron chi connectivity index (χ1n) is 4.18. The smallest absolute Gasteiger partial charge is 0.226 e. The Balaban J connectivity index is 4.02. The molecular weight excluding hydrogens is 170 g/mol. The van der Waals surface area contributed by atoms with E-state index in [1.807, 2.05) is 20.8 Å². The number of nitrogens with zero attached hydrogens (tertiary/aromatic N) is 1. The highest BCUT2D eigenvalue weighted by Crippen LogP contribution is 2.18. The van der Waals surface area contributed by atoms with E-state index in [9.17, 15) is 4.79 Å². The van der Waals surface area contributed by atoms with Crippen LogP contribution in [0, 0.1) is 5.41 Å². The summed E-state index contributed by atoms with van der Waals surface area (Å²) in [6.45, 7) is 5.70. The summed E-state index contributed by atoms with van der Waals surface area (Å²) < 4.78 is 0. The lowest BCUT2D eigenvalue weighted by Crippen LogP contribution is -2.41. The Morgan fingerprint density at radius 2 is 2.15 bits per heavy atom. The second-order valence-corrected chi connectivity index (χ2v) is 3.51. The molecule has 0 saturated heterocycles. The van der Waals surface area contributed by atoms with E-state index in [1.165, 1.54) is 0 Å². The van der Waals surface area contributed by atoms with Gasteiger partial charge in [0.1, 0.15) is 0 Å². The van der Waals surface area contributed by atoms with E-state index in [2.05, 4.69) is 10.5 Å². The molecule has 76 valence electrons. The van der Waals surface area contributed by atoms with Crippen molar-refractivity contribution in [2.45, 2.75) is 27.2 Å². The maximum Gasteiger partial charge on any atom is 0.226 e. The van der Waals surface area contributed by atoms with Crippen LogP contribution in [0.4, 0.5) is 0 Å². The van der Waals surface area contributed by atoms with Gasteiger partial charge in [0.05, 0.1) is 6.54 Å². The third-order valence-electron chi connectivity index (χ3n) is 2.06. The van der Waals surface area contributed by atoms with E-state index in [0.29, 0.717) is 0 Å². The van der Waals surface area contributed by atoms with Gasteiger partial charge in [-0.15, -0.1) is 0 Å². The summed E-state index contributed by atoms with van der Waals surface area (Å²) in [6, 6.07) is 0. The molecule has 5 heteroatoms. The van der Waals surface area contributed by atoms with Crippen molar-refractivity contribution in [3.05, 3.63) is 0 Å². The standard InChI is InChI=1S/C8H17N3O2/c1-4-8(2,3)7(12)10-5-6(9)11-13/h13H,4-5H2,1-3H3,(H2,9,11)(H,10,12). The number of amidine groups is 1. The van der Waals surface area contributed by atoms with Crippen LogP contribution in [0.25, 0.3) is 0 Å². The predicted octanol–water partition coefficient (Wildman–Crippen LogP) is 0.285. The number of hydrogen-bond donors (Lipinski definition) is 3. The average molecular weight is 187 g/mol. The fourth-order valence-electron chi connectivity index (χ4n) is 0.606. The van der Waals surface area contributed by atoms with Gasteiger partial charge in [0.15, 0.2) is 5.84 Å². The van der Waals surface area contributed by atoms with Crippen molar-refractivity contribution in [2.75, 3.05) is 6.54 Å². The lowest BCUT2D eigenvalue weighted by atomic mass is 9.89. The molecule has 0 bridgehead atoms. The molecule has 4 N–H and O–H groups in total. The Bertz CT molecular complexity index is 211. The molecule has 0 aromatic heterocycles. The molecule has 5 nitrogen and oxygen atoms in total. The van der Waals surface area contributed by atoms with Gasteiger partial charge in [-0.2, -0.15) is 0 Å². The van der Waals surface area contributed by atoms with Crippen molar-refractivity contribution in [1.82, 2.24) is 5.32 Å². The monoisotopic (exact) mass is 187 g/mol. The van der Waals surface area contributed by atoms with Crippen molar-refractivity contribution in [2.24, 2.45) is 16.3 Å². The summed E-state index contributed by atoms with van der Waals surface area (Å²) >= 11 is 0. The maximum atomic E-state index is 11.4. The van der Waals surface area contributed by atoms with Crippen LogP contribution in [0.15, 0.2) is 5.16 Å². The van der Waals surface area contributed by atoms with Gasteiger partial charge >= 0.3 is 0 Å². The van der Waals surface area contributed by atoms with Crippen LogP contribution < -0.4 is 11.1 Å². The molecule has 0 unspecified atom stereocenters. The Kier molecular flexibility index (Phi) is 4.23. The summed E-state index contributed by atoms with van der Waals surface area (Å²) in [5.41, 5.74) is 4.78. The Labute approximate surface area is 78.0 Å². The van der Waals surface area contributed by atoms with E-state index in [0.717, 1.165) is 6.42 Å². The second kappa shape index (κ2) is 4.69. The minimum Gasteiger partial charge on any atom is -0.409 e. The van der Waals surface area contributed by atoms with E-state index in [4.69, 9.17) is 10.9 Å². The zero-order valence-corrected chi connectivity index (χ0v) is 8.29. The first-order valence-corrected chi connectivity index (χ1v) is 4.18. The topological polar surface area (TPSA) is 87.7 Å². The first-order chi connectivity index (χ1) is 5.94. The minimum atomic E-state index is -0.407. The van der Waals surface area contributed by atoms with Gasteiger partial charge in [-0.25, -0.2) is 0 Å². The normalized spacial score (nSPS) is 12.7. The molecule has 0 aliphatic carbocycles. The summed E-state index contributed by atoms with van der Waals surface area (Å²) in [4.78, 5) is 11.4. The van der Waals surface area contributed by atoms with Gasteiger partial charge in [0.25, 0.3) is 0 Å². The number of nitrogens with one attached hydrogen (secondary N) is 1. The number of oxime groups is 1. The molecule has 0 heterocycles. The molecule has 0 radical (unpaired) electrons. The molecular formula is C8H17N3O2. The van der Waals surface area contributed by atoms with Crippen molar-refractivity contribution in [3.8, 4) is 0 Å². The molecule has 0 atom stereocenters. The van der Waals surface area contributed by atoms with Gasteiger partial charge in [-0.1, -0.05) is 25.9 Å². The van der Waals surface area contributed by atoms with Gasteiger partial charge in [-0.3, -0.25) is 4.79 Å². The molecule has 1 amide bonds. The maximum absolute atomic E-state index is 11.4. The third-order valence-corrected chi connectivity index (χ3v) is 2.06. The van der Waals surface area contributed by atoms with Gasteiger partial charge in [-0.05, 0) is 6.42 Å². The van der Waals surface area contributed by atoms with Crippen LogP contribution in [-0.2, 0) is 4.79 Å². The molecule has 0 aliphatic heterocycles. The SMILES string of the molecule is CCC(C)(C)C(=O)NCC(N)=NO. The Morgan fingerprint density at radius 3 is 2.54 bits per heavy atom. The molecule has 0 aromatic carbocycles. The summed E-state index contributed by atoms with van der Waals surface area (Å²) in [7, 11) is 0. The zero-order chi connectivity index (χ0) is 10.5. The van der Waals surface area contributed by atoms with E-state index >= 15 is 0 Å². The van der Waals surface area contributed by atoms with Crippen LogP contribution in [0.1, 0.15) is 27.2 Å². The van der Waals surface area contributed by atoms with Crippen LogP contribution in [-0.4, -0.2) is 23.5 Å². The molecule has 13 heavy (non-hydrogen) atoms. The molecule has 0 saturated carbocycles. The summed E-state index contributed by atoms with van der Waals surface area (Å²) in [5, 5.41) is 13.5. The van der Waals surface area contributed by atoms with E-state index < -0.39 is 5.41 Å². The largest absolute Gasteiger partial charge is 0.409 e. The third kappa shape index (κ3) is 3.78. The Morgan fingerprint density at radius 1 is 1.62 bits per heavy atom. The quantitative estimate of drug-likeness (QED) is 0.256. The van der Waals surface area contributed by atoms with Crippen molar-refractivity contribution >= 4 is 11.7 Å². The summed E-state index contributed by atoms with van der Waals surface area (Å²) in [6.07, 6.45) is 0.745. The number of amides is 1. The van der Waals surface area contributed by atoms with Crippen LogP contribution in [0.5, 0.6) is 0 Å². The zero-order valence-electron chi connectivity index (χ0n) is 8.29. The summed E-state index contributed by atoms with van der Waals surface area (Å²) in [5.74, 6) is -0.0955. The fraction of sp³-hybridized carbons (Fsp3) is 0.750. The molecule has 0 aromatic rings. The fourth-order valence-corrected chi connectivity index (χ4v) is 0.606. The lowest BCUT2D eigenvalue weighted by Gasteiger charge is -2.20. The minimum absolute atomic E-state index is 0.000234. The van der Waals surface area contributed by atoms with Gasteiger partial charge < -0.3 is 16.3 Å². The van der Waals surface area contributed by atoms with Gasteiger partial charge in [0.2, 0.25) is 5.91 Å². The van der Waals surface area contributed by atoms with E-state index in [1.54, 1.807) is 0 Å². The number of hydrogen-bond acceptors (Lipinski definition) is 3. The van der Waals surface area contributed by atoms with Crippen LogP contribution in [0.3, 0.4) is 0 Å². The molecule has 0 spiro atoms. The molecule has 0 fully saturated rings. The van der Waals surface area contributed by atoms with Crippen LogP contribution >= 0.6 is 0 Å². The first kappa shape index (κ1) is 11.7. The number of carbonyl (C=O) groups excluding carboxylic acids is 1. The predicted molar refractivity (Wildman–Crippen MR) is 50.5 cm³/mol. The van der Waals surface area contributed by atoms with Crippen molar-refractivity contribution in [1.29, 1.82) is 0 Å². The molecule has 0 aliphatic rings. The highest BCUT2D eigenvalue weighted by atomic mass is 16.4. The number of rotatable bonds is 4. The Hall–Kier alpha value is -1.26. The average Bonchev–Trinajstić information content (AvgIpc) is 2.13. The van der Waals surface area contributed by atoms with E-state index in [-0.39, 0.29) is 18.3 Å².